The maximum Gasteiger partial charge on any atom is 0.409 e. The van der Waals surface area contributed by atoms with Gasteiger partial charge in [-0.2, -0.15) is 0 Å². The van der Waals surface area contributed by atoms with Gasteiger partial charge in [0.15, 0.2) is 0 Å². The van der Waals surface area contributed by atoms with Crippen molar-refractivity contribution < 1.29 is 14.3 Å². The van der Waals surface area contributed by atoms with Gasteiger partial charge in [0.1, 0.15) is 0 Å². The molecule has 2 aliphatic heterocycles. The number of hydrogen-bond acceptors (Lipinski definition) is 4. The van der Waals surface area contributed by atoms with Crippen LogP contribution in [0.3, 0.4) is 0 Å². The van der Waals surface area contributed by atoms with Crippen molar-refractivity contribution >= 4 is 12.0 Å². The van der Waals surface area contributed by atoms with Crippen molar-refractivity contribution in [1.82, 2.24) is 14.7 Å². The molecule has 6 nitrogen and oxygen atoms in total. The van der Waals surface area contributed by atoms with Gasteiger partial charge in [-0.15, -0.1) is 0 Å². The summed E-state index contributed by atoms with van der Waals surface area (Å²) in [6.07, 6.45) is 3.38. The Morgan fingerprint density at radius 1 is 1.12 bits per heavy atom. The lowest BCUT2D eigenvalue weighted by Crippen LogP contribution is -2.52. The predicted octanol–water partition coefficient (Wildman–Crippen LogP) is 2.04. The first kappa shape index (κ1) is 18.1. The molecule has 4 fully saturated rings. The van der Waals surface area contributed by atoms with E-state index in [1.54, 1.807) is 0 Å². The van der Waals surface area contributed by atoms with E-state index in [0.29, 0.717) is 41.7 Å². The summed E-state index contributed by atoms with van der Waals surface area (Å²) >= 11 is 0. The molecule has 0 aromatic rings. The average molecular weight is 364 g/mol. The normalized spacial score (nSPS) is 38.2. The molecule has 26 heavy (non-hydrogen) atoms. The number of nitrogens with zero attached hydrogens (tertiary/aromatic N) is 3. The van der Waals surface area contributed by atoms with Crippen LogP contribution in [0.25, 0.3) is 0 Å². The third-order valence-electron chi connectivity index (χ3n) is 7.40. The highest BCUT2D eigenvalue weighted by Gasteiger charge is 2.62. The molecule has 2 atom stereocenters. The number of amides is 2. The standard InChI is InChI=1S/C20H33N3O3/c1-4-21(5-2)18(24)17-15-11-23(12-16(15)17)14-9-20(10-14)7-8-22(13-20)19(25)26-6-3/h14-17H,4-13H2,1-3H3. The molecule has 2 saturated heterocycles. The van der Waals surface area contributed by atoms with E-state index in [9.17, 15) is 9.59 Å². The Kier molecular flexibility index (Phi) is 4.66. The van der Waals surface area contributed by atoms with Gasteiger partial charge in [0, 0.05) is 51.2 Å². The minimum Gasteiger partial charge on any atom is -0.450 e. The van der Waals surface area contributed by atoms with Gasteiger partial charge in [0.05, 0.1) is 6.61 Å². The van der Waals surface area contributed by atoms with Crippen molar-refractivity contribution in [2.45, 2.75) is 46.1 Å². The van der Waals surface area contributed by atoms with Gasteiger partial charge in [0.25, 0.3) is 0 Å². The van der Waals surface area contributed by atoms with Crippen molar-refractivity contribution in [2.75, 3.05) is 45.9 Å². The number of ether oxygens (including phenoxy) is 1. The average Bonchev–Trinajstić information content (AvgIpc) is 2.97. The zero-order valence-electron chi connectivity index (χ0n) is 16.4. The fourth-order valence-corrected chi connectivity index (χ4v) is 5.81. The van der Waals surface area contributed by atoms with Gasteiger partial charge in [0.2, 0.25) is 5.91 Å². The second kappa shape index (κ2) is 6.70. The topological polar surface area (TPSA) is 53.1 Å². The maximum atomic E-state index is 12.6. The van der Waals surface area contributed by atoms with Crippen molar-refractivity contribution in [3.8, 4) is 0 Å². The van der Waals surface area contributed by atoms with Gasteiger partial charge >= 0.3 is 6.09 Å². The molecule has 1 spiro atoms. The first-order chi connectivity index (χ1) is 12.5. The lowest BCUT2D eigenvalue weighted by molar-refractivity contribution is -0.133. The van der Waals surface area contributed by atoms with E-state index >= 15 is 0 Å². The van der Waals surface area contributed by atoms with Crippen LogP contribution < -0.4 is 0 Å². The van der Waals surface area contributed by atoms with Crippen LogP contribution in [0.2, 0.25) is 0 Å². The van der Waals surface area contributed by atoms with Gasteiger partial charge in [-0.3, -0.25) is 9.69 Å². The minimum atomic E-state index is -0.145. The number of rotatable bonds is 5. The Morgan fingerprint density at radius 2 is 1.77 bits per heavy atom. The summed E-state index contributed by atoms with van der Waals surface area (Å²) in [5, 5.41) is 0. The quantitative estimate of drug-likeness (QED) is 0.750. The van der Waals surface area contributed by atoms with Crippen LogP contribution in [0.15, 0.2) is 0 Å². The van der Waals surface area contributed by atoms with Crippen molar-refractivity contribution in [2.24, 2.45) is 23.2 Å². The lowest BCUT2D eigenvalue weighted by Gasteiger charge is -2.49. The molecular formula is C20H33N3O3. The summed E-state index contributed by atoms with van der Waals surface area (Å²) < 4.78 is 5.15. The second-order valence-electron chi connectivity index (χ2n) is 8.75. The number of likely N-dealkylation sites (tertiary alicyclic amines) is 2. The Hall–Kier alpha value is -1.30. The Bertz CT molecular complexity index is 559. The molecule has 0 aromatic carbocycles. The lowest BCUT2D eigenvalue weighted by atomic mass is 9.64. The third kappa shape index (κ3) is 2.90. The predicted molar refractivity (Wildman–Crippen MR) is 98.6 cm³/mol. The van der Waals surface area contributed by atoms with E-state index in [4.69, 9.17) is 4.74 Å². The number of hydrogen-bond donors (Lipinski definition) is 0. The largest absolute Gasteiger partial charge is 0.450 e. The smallest absolute Gasteiger partial charge is 0.409 e. The fraction of sp³-hybridized carbons (Fsp3) is 0.900. The zero-order chi connectivity index (χ0) is 18.5. The van der Waals surface area contributed by atoms with E-state index < -0.39 is 0 Å². The number of carbonyl (C=O) groups is 2. The first-order valence-corrected chi connectivity index (χ1v) is 10.5. The molecule has 0 bridgehead atoms. The zero-order valence-corrected chi connectivity index (χ0v) is 16.4. The molecule has 2 aliphatic carbocycles. The molecule has 2 unspecified atom stereocenters. The summed E-state index contributed by atoms with van der Waals surface area (Å²) in [5.41, 5.74) is 0.334. The van der Waals surface area contributed by atoms with Crippen molar-refractivity contribution in [3.63, 3.8) is 0 Å². The summed E-state index contributed by atoms with van der Waals surface area (Å²) in [4.78, 5) is 31.0. The van der Waals surface area contributed by atoms with E-state index in [0.717, 1.165) is 45.7 Å². The number of fused-ring (bicyclic) bond motifs is 1. The highest BCUT2D eigenvalue weighted by Crippen LogP contribution is 2.57. The molecule has 2 heterocycles. The molecule has 0 aromatic heterocycles. The van der Waals surface area contributed by atoms with Gasteiger partial charge in [-0.1, -0.05) is 0 Å². The molecule has 2 saturated carbocycles. The maximum absolute atomic E-state index is 12.6. The summed E-state index contributed by atoms with van der Waals surface area (Å²) in [6, 6.07) is 0.661. The summed E-state index contributed by atoms with van der Waals surface area (Å²) in [7, 11) is 0. The van der Waals surface area contributed by atoms with Crippen molar-refractivity contribution in [1.29, 1.82) is 0 Å². The highest BCUT2D eigenvalue weighted by molar-refractivity contribution is 5.82. The Morgan fingerprint density at radius 3 is 2.35 bits per heavy atom. The van der Waals surface area contributed by atoms with Crippen LogP contribution in [0.4, 0.5) is 4.79 Å². The number of carbonyl (C=O) groups excluding carboxylic acids is 2. The van der Waals surface area contributed by atoms with Crippen LogP contribution in [-0.4, -0.2) is 78.6 Å². The molecule has 2 amide bonds. The van der Waals surface area contributed by atoms with Crippen molar-refractivity contribution in [3.05, 3.63) is 0 Å². The molecule has 4 rings (SSSR count). The van der Waals surface area contributed by atoms with Crippen LogP contribution in [0.5, 0.6) is 0 Å². The number of piperidine rings is 1. The molecule has 146 valence electrons. The third-order valence-corrected chi connectivity index (χ3v) is 7.40. The van der Waals surface area contributed by atoms with E-state index in [1.165, 1.54) is 12.8 Å². The highest BCUT2D eigenvalue weighted by atomic mass is 16.6. The first-order valence-electron chi connectivity index (χ1n) is 10.5. The van der Waals surface area contributed by atoms with E-state index in [1.807, 2.05) is 16.7 Å². The van der Waals surface area contributed by atoms with Gasteiger partial charge in [-0.25, -0.2) is 4.79 Å². The molecule has 4 aliphatic rings. The van der Waals surface area contributed by atoms with Crippen LogP contribution in [-0.2, 0) is 9.53 Å². The van der Waals surface area contributed by atoms with E-state index in [2.05, 4.69) is 18.7 Å². The van der Waals surface area contributed by atoms with E-state index in [-0.39, 0.29) is 6.09 Å². The van der Waals surface area contributed by atoms with Gasteiger partial charge < -0.3 is 14.5 Å². The molecule has 0 N–H and O–H groups in total. The second-order valence-corrected chi connectivity index (χ2v) is 8.75. The molecule has 6 heteroatoms. The van der Waals surface area contributed by atoms with Crippen LogP contribution >= 0.6 is 0 Å². The Labute approximate surface area is 156 Å². The fourth-order valence-electron chi connectivity index (χ4n) is 5.81. The molecular weight excluding hydrogens is 330 g/mol. The van der Waals surface area contributed by atoms with Crippen LogP contribution in [0, 0.1) is 23.2 Å². The minimum absolute atomic E-state index is 0.145. The monoisotopic (exact) mass is 363 g/mol. The summed E-state index contributed by atoms with van der Waals surface area (Å²) in [5.74, 6) is 1.88. The van der Waals surface area contributed by atoms with Gasteiger partial charge in [-0.05, 0) is 57.3 Å². The SMILES string of the molecule is CCOC(=O)N1CCC2(CC(N3CC4C(C3)C4C(=O)N(CC)CC)C2)C1. The molecule has 0 radical (unpaired) electrons. The Balaban J connectivity index is 1.23. The van der Waals surface area contributed by atoms with Crippen LogP contribution in [0.1, 0.15) is 40.0 Å². The summed E-state index contributed by atoms with van der Waals surface area (Å²) in [6.45, 7) is 12.0.